The maximum atomic E-state index is 12.6. The molecule has 1 fully saturated rings. The van der Waals surface area contributed by atoms with Crippen molar-refractivity contribution in [1.29, 1.82) is 0 Å². The summed E-state index contributed by atoms with van der Waals surface area (Å²) in [4.78, 5) is 0.229. The Kier molecular flexibility index (Phi) is 4.52. The fourth-order valence-corrected chi connectivity index (χ4v) is 4.86. The van der Waals surface area contributed by atoms with Gasteiger partial charge in [-0.05, 0) is 44.9 Å². The molecule has 6 heteroatoms. The fraction of sp³-hybridized carbons (Fsp3) is 0.733. The molecule has 1 saturated carbocycles. The Morgan fingerprint density at radius 2 is 1.81 bits per heavy atom. The van der Waals surface area contributed by atoms with E-state index in [1.165, 1.54) is 0 Å². The topological polar surface area (TPSA) is 85.3 Å². The van der Waals surface area contributed by atoms with Crippen LogP contribution in [-0.2, 0) is 16.6 Å². The summed E-state index contributed by atoms with van der Waals surface area (Å²) in [6.07, 6.45) is 3.82. The van der Waals surface area contributed by atoms with Crippen molar-refractivity contribution >= 4 is 10.0 Å². The van der Waals surface area contributed by atoms with Crippen molar-refractivity contribution in [3.63, 3.8) is 0 Å². The van der Waals surface area contributed by atoms with Gasteiger partial charge in [0.05, 0.1) is 0 Å². The summed E-state index contributed by atoms with van der Waals surface area (Å²) in [5.41, 5.74) is 6.57. The van der Waals surface area contributed by atoms with Gasteiger partial charge in [-0.3, -0.25) is 0 Å². The third-order valence-corrected chi connectivity index (χ3v) is 6.17. The Bertz CT molecular complexity index is 607. The van der Waals surface area contributed by atoms with Gasteiger partial charge in [0.2, 0.25) is 10.0 Å². The van der Waals surface area contributed by atoms with Gasteiger partial charge in [-0.25, -0.2) is 13.1 Å². The highest BCUT2D eigenvalue weighted by atomic mass is 32.2. The van der Waals surface area contributed by atoms with Crippen LogP contribution in [0.25, 0.3) is 0 Å². The first-order chi connectivity index (χ1) is 9.66. The summed E-state index contributed by atoms with van der Waals surface area (Å²) < 4.78 is 33.6. The lowest BCUT2D eigenvalue weighted by Crippen LogP contribution is -2.39. The van der Waals surface area contributed by atoms with Crippen molar-refractivity contribution in [2.45, 2.75) is 70.9 Å². The summed E-state index contributed by atoms with van der Waals surface area (Å²) in [5.74, 6) is 0.997. The lowest BCUT2D eigenvalue weighted by molar-refractivity contribution is 0.218. The molecule has 0 aromatic carbocycles. The maximum Gasteiger partial charge on any atom is 0.244 e. The van der Waals surface area contributed by atoms with Gasteiger partial charge in [-0.15, -0.1) is 0 Å². The highest BCUT2D eigenvalue weighted by molar-refractivity contribution is 7.89. The molecule has 1 aromatic rings. The fourth-order valence-electron chi connectivity index (χ4n) is 3.09. The first-order valence-electron chi connectivity index (χ1n) is 7.47. The highest BCUT2D eigenvalue weighted by Crippen LogP contribution is 2.36. The van der Waals surface area contributed by atoms with E-state index >= 15 is 0 Å². The Labute approximate surface area is 127 Å². The van der Waals surface area contributed by atoms with Crippen LogP contribution >= 0.6 is 0 Å². The van der Waals surface area contributed by atoms with Gasteiger partial charge < -0.3 is 10.2 Å². The largest absolute Gasteiger partial charge is 0.465 e. The summed E-state index contributed by atoms with van der Waals surface area (Å²) >= 11 is 0. The van der Waals surface area contributed by atoms with E-state index < -0.39 is 10.0 Å². The smallest absolute Gasteiger partial charge is 0.244 e. The molecule has 0 radical (unpaired) electrons. The van der Waals surface area contributed by atoms with Crippen molar-refractivity contribution in [2.24, 2.45) is 11.1 Å². The van der Waals surface area contributed by atoms with Gasteiger partial charge in [-0.1, -0.05) is 13.8 Å². The average molecular weight is 314 g/mol. The Morgan fingerprint density at radius 3 is 2.33 bits per heavy atom. The number of hydrogen-bond donors (Lipinski definition) is 2. The van der Waals surface area contributed by atoms with E-state index in [2.05, 4.69) is 18.6 Å². The van der Waals surface area contributed by atoms with Crippen LogP contribution in [0, 0.1) is 19.3 Å². The number of hydrogen-bond acceptors (Lipinski definition) is 4. The molecule has 0 atom stereocenters. The van der Waals surface area contributed by atoms with Crippen molar-refractivity contribution < 1.29 is 12.8 Å². The van der Waals surface area contributed by atoms with Crippen LogP contribution in [0.1, 0.15) is 56.6 Å². The molecule has 120 valence electrons. The van der Waals surface area contributed by atoms with Gasteiger partial charge >= 0.3 is 0 Å². The molecule has 0 bridgehead atoms. The monoisotopic (exact) mass is 314 g/mol. The zero-order chi connectivity index (χ0) is 15.8. The predicted molar refractivity (Wildman–Crippen MR) is 82.4 cm³/mol. The molecule has 0 unspecified atom stereocenters. The third-order valence-electron chi connectivity index (χ3n) is 4.46. The molecule has 2 rings (SSSR count). The van der Waals surface area contributed by atoms with Crippen LogP contribution in [0.2, 0.25) is 0 Å². The second-order valence-corrected chi connectivity index (χ2v) is 8.44. The second kappa shape index (κ2) is 5.74. The Balaban J connectivity index is 2.20. The molecule has 21 heavy (non-hydrogen) atoms. The zero-order valence-corrected chi connectivity index (χ0v) is 14.1. The van der Waals surface area contributed by atoms with Gasteiger partial charge in [0, 0.05) is 18.2 Å². The van der Waals surface area contributed by atoms with Crippen LogP contribution < -0.4 is 10.5 Å². The summed E-state index contributed by atoms with van der Waals surface area (Å²) in [6.45, 7) is 8.04. The van der Waals surface area contributed by atoms with E-state index in [-0.39, 0.29) is 17.5 Å². The molecule has 0 aliphatic heterocycles. The maximum absolute atomic E-state index is 12.6. The zero-order valence-electron chi connectivity index (χ0n) is 13.3. The van der Waals surface area contributed by atoms with E-state index in [0.717, 1.165) is 25.7 Å². The molecule has 3 N–H and O–H groups in total. The summed E-state index contributed by atoms with van der Waals surface area (Å²) in [5, 5.41) is 0. The number of nitrogens with one attached hydrogen (secondary N) is 1. The minimum atomic E-state index is -3.57. The van der Waals surface area contributed by atoms with Crippen molar-refractivity contribution in [3.05, 3.63) is 17.1 Å². The molecule has 1 heterocycles. The highest BCUT2D eigenvalue weighted by Gasteiger charge is 2.32. The normalized spacial score (nSPS) is 19.9. The lowest BCUT2D eigenvalue weighted by atomic mass is 9.76. The van der Waals surface area contributed by atoms with Gasteiger partial charge in [-0.2, -0.15) is 0 Å². The van der Waals surface area contributed by atoms with E-state index in [1.807, 2.05) is 0 Å². The second-order valence-electron chi connectivity index (χ2n) is 6.79. The quantitative estimate of drug-likeness (QED) is 0.894. The van der Waals surface area contributed by atoms with Crippen molar-refractivity contribution in [3.8, 4) is 0 Å². The van der Waals surface area contributed by atoms with Crippen LogP contribution in [0.5, 0.6) is 0 Å². The van der Waals surface area contributed by atoms with E-state index in [1.54, 1.807) is 13.8 Å². The number of rotatable bonds is 4. The number of sulfonamides is 1. The third kappa shape index (κ3) is 3.49. The molecule has 0 spiro atoms. The molecule has 1 aliphatic rings. The SMILES string of the molecule is Cc1oc(C)c(S(=O)(=O)NC2CCC(C)(C)CC2)c1CN. The summed E-state index contributed by atoms with van der Waals surface area (Å²) in [6, 6.07) is 0.00301. The van der Waals surface area contributed by atoms with Gasteiger partial charge in [0.1, 0.15) is 16.4 Å². The lowest BCUT2D eigenvalue weighted by Gasteiger charge is -2.34. The molecule has 5 nitrogen and oxygen atoms in total. The van der Waals surface area contributed by atoms with Crippen LogP contribution in [0.15, 0.2) is 9.31 Å². The van der Waals surface area contributed by atoms with E-state index in [4.69, 9.17) is 10.2 Å². The molecular weight excluding hydrogens is 288 g/mol. The van der Waals surface area contributed by atoms with Crippen LogP contribution in [0.3, 0.4) is 0 Å². The van der Waals surface area contributed by atoms with E-state index in [9.17, 15) is 8.42 Å². The minimum Gasteiger partial charge on any atom is -0.465 e. The first-order valence-corrected chi connectivity index (χ1v) is 8.96. The van der Waals surface area contributed by atoms with Crippen LogP contribution in [-0.4, -0.2) is 14.5 Å². The summed E-state index contributed by atoms with van der Waals surface area (Å²) in [7, 11) is -3.57. The Hall–Kier alpha value is -0.850. The van der Waals surface area contributed by atoms with Gasteiger partial charge in [0.25, 0.3) is 0 Å². The van der Waals surface area contributed by atoms with Crippen molar-refractivity contribution in [2.75, 3.05) is 0 Å². The minimum absolute atomic E-state index is 0.00301. The molecule has 1 aliphatic carbocycles. The average Bonchev–Trinajstić information content (AvgIpc) is 2.66. The predicted octanol–water partition coefficient (Wildman–Crippen LogP) is 2.60. The van der Waals surface area contributed by atoms with Gasteiger partial charge in [0.15, 0.2) is 0 Å². The molecular formula is C15H26N2O3S. The molecule has 1 aromatic heterocycles. The molecule has 0 saturated heterocycles. The van der Waals surface area contributed by atoms with Crippen molar-refractivity contribution in [1.82, 2.24) is 4.72 Å². The molecule has 0 amide bonds. The Morgan fingerprint density at radius 1 is 1.24 bits per heavy atom. The van der Waals surface area contributed by atoms with E-state index in [0.29, 0.717) is 22.5 Å². The first kappa shape index (κ1) is 16.5. The number of nitrogens with two attached hydrogens (primary N) is 1. The van der Waals surface area contributed by atoms with Crippen LogP contribution in [0.4, 0.5) is 0 Å². The standard InChI is InChI=1S/C15H26N2O3S/c1-10-13(9-16)14(11(2)20-10)21(18,19)17-12-5-7-15(3,4)8-6-12/h12,17H,5-9,16H2,1-4H3. The number of furan rings is 1. The number of aryl methyl sites for hydroxylation is 2.